The molecule has 0 aromatic carbocycles. The average molecular weight is 164 g/mol. The summed E-state index contributed by atoms with van der Waals surface area (Å²) < 4.78 is 15.1. The van der Waals surface area contributed by atoms with Gasteiger partial charge in [0.2, 0.25) is 0 Å². The molecule has 0 saturated heterocycles. The van der Waals surface area contributed by atoms with E-state index in [1.807, 2.05) is 27.7 Å². The largest absolute Gasteiger partial charge is 0.248 e. The highest BCUT2D eigenvalue weighted by Gasteiger charge is 2.17. The van der Waals surface area contributed by atoms with Gasteiger partial charge in [-0.25, -0.2) is 10.1 Å². The van der Waals surface area contributed by atoms with E-state index in [1.165, 1.54) is 0 Å². The second-order valence-electron chi connectivity index (χ2n) is 2.82. The fourth-order valence-corrected chi connectivity index (χ4v) is 2.36. The highest BCUT2D eigenvalue weighted by atomic mass is 32.2. The second kappa shape index (κ2) is 3.34. The zero-order valence-electron chi connectivity index (χ0n) is 7.00. The van der Waals surface area contributed by atoms with Crippen LogP contribution >= 0.6 is 0 Å². The fraction of sp³-hybridized carbons (Fsp3) is 1.00. The third-order valence-electron chi connectivity index (χ3n) is 1.52. The first kappa shape index (κ1) is 9.91. The van der Waals surface area contributed by atoms with E-state index in [0.717, 1.165) is 0 Å². The van der Waals surface area contributed by atoms with E-state index < -0.39 is 9.73 Å². The van der Waals surface area contributed by atoms with E-state index >= 15 is 0 Å². The van der Waals surface area contributed by atoms with E-state index in [0.29, 0.717) is 0 Å². The van der Waals surface area contributed by atoms with Crippen LogP contribution in [0.15, 0.2) is 4.47 Å². The van der Waals surface area contributed by atoms with Crippen LogP contribution in [-0.2, 0) is 9.73 Å². The van der Waals surface area contributed by atoms with Gasteiger partial charge in [0.15, 0.2) is 0 Å². The Morgan fingerprint density at radius 1 is 1.20 bits per heavy atom. The van der Waals surface area contributed by atoms with Crippen LogP contribution in [0.3, 0.4) is 0 Å². The smallest absolute Gasteiger partial charge is 0.0681 e. The lowest BCUT2D eigenvalue weighted by Crippen LogP contribution is -2.24. The van der Waals surface area contributed by atoms with Gasteiger partial charge in [0, 0.05) is 10.5 Å². The van der Waals surface area contributed by atoms with E-state index in [-0.39, 0.29) is 10.5 Å². The molecule has 62 valence electrons. The third-order valence-corrected chi connectivity index (χ3v) is 4.55. The molecule has 0 aliphatic heterocycles. The molecule has 0 amide bonds. The van der Waals surface area contributed by atoms with Gasteiger partial charge in [-0.3, -0.25) is 0 Å². The van der Waals surface area contributed by atoms with Crippen molar-refractivity contribution in [3.63, 3.8) is 0 Å². The Hall–Kier alpha value is -0.0900. The molecule has 0 saturated carbocycles. The lowest BCUT2D eigenvalue weighted by Gasteiger charge is -2.15. The Balaban J connectivity index is 4.79. The van der Waals surface area contributed by atoms with Crippen molar-refractivity contribution >= 4 is 9.73 Å². The lowest BCUT2D eigenvalue weighted by molar-refractivity contribution is 0.660. The summed E-state index contributed by atoms with van der Waals surface area (Å²) in [5, 5.41) is 0.0787. The summed E-state index contributed by atoms with van der Waals surface area (Å²) >= 11 is 0. The van der Waals surface area contributed by atoms with E-state index in [4.69, 9.17) is 5.84 Å². The predicted octanol–water partition coefficient (Wildman–Crippen LogP) is 1.14. The summed E-state index contributed by atoms with van der Waals surface area (Å²) in [4.78, 5) is 0. The molecule has 3 nitrogen and oxygen atoms in total. The fourth-order valence-electron chi connectivity index (χ4n) is 0.788. The maximum atomic E-state index is 11.7. The van der Waals surface area contributed by atoms with Crippen molar-refractivity contribution in [1.29, 1.82) is 0 Å². The first-order valence-electron chi connectivity index (χ1n) is 3.39. The Bertz CT molecular complexity index is 188. The zero-order valence-corrected chi connectivity index (χ0v) is 7.81. The van der Waals surface area contributed by atoms with Crippen molar-refractivity contribution in [3.05, 3.63) is 0 Å². The number of rotatable bonds is 2. The molecule has 0 bridgehead atoms. The lowest BCUT2D eigenvalue weighted by atomic mass is 10.5. The van der Waals surface area contributed by atoms with E-state index in [9.17, 15) is 4.21 Å². The van der Waals surface area contributed by atoms with E-state index in [1.54, 1.807) is 0 Å². The summed E-state index contributed by atoms with van der Waals surface area (Å²) in [6.07, 6.45) is 0. The predicted molar refractivity (Wildman–Crippen MR) is 45.0 cm³/mol. The Kier molecular flexibility index (Phi) is 3.31. The highest BCUT2D eigenvalue weighted by molar-refractivity contribution is 7.94. The summed E-state index contributed by atoms with van der Waals surface area (Å²) in [7, 11) is -2.16. The summed E-state index contributed by atoms with van der Waals surface area (Å²) in [6, 6.07) is 0. The van der Waals surface area contributed by atoms with Gasteiger partial charge >= 0.3 is 0 Å². The molecule has 2 N–H and O–H groups in total. The first-order chi connectivity index (χ1) is 4.45. The summed E-state index contributed by atoms with van der Waals surface area (Å²) in [6.45, 7) is 7.49. The molecule has 0 unspecified atom stereocenters. The molecule has 0 heterocycles. The van der Waals surface area contributed by atoms with Gasteiger partial charge in [-0.1, -0.05) is 27.7 Å². The minimum Gasteiger partial charge on any atom is -0.248 e. The zero-order chi connectivity index (χ0) is 8.36. The van der Waals surface area contributed by atoms with Crippen LogP contribution in [-0.4, -0.2) is 14.7 Å². The number of nitrogens with two attached hydrogens (primary N) is 1. The molecule has 0 rings (SSSR count). The maximum absolute atomic E-state index is 11.7. The monoisotopic (exact) mass is 164 g/mol. The molecule has 0 spiro atoms. The van der Waals surface area contributed by atoms with Gasteiger partial charge in [0.25, 0.3) is 0 Å². The minimum absolute atomic E-state index is 0.0394. The van der Waals surface area contributed by atoms with Crippen molar-refractivity contribution in [2.75, 3.05) is 0 Å². The van der Waals surface area contributed by atoms with Crippen molar-refractivity contribution in [1.82, 2.24) is 0 Å². The highest BCUT2D eigenvalue weighted by Crippen LogP contribution is 2.10. The second-order valence-corrected chi connectivity index (χ2v) is 6.14. The number of hydrogen-bond donors (Lipinski definition) is 1. The molecule has 0 aromatic heterocycles. The standard InChI is InChI=1S/C6H16N2OS/c1-5(2)10(9,8-7)6(3)4/h5-6H,7H2,1-4H3. The SMILES string of the molecule is CC(C)S(=O)(=NN)C(C)C. The average Bonchev–Trinajstić information content (AvgIpc) is 1.85. The Morgan fingerprint density at radius 2 is 1.50 bits per heavy atom. The molecule has 0 fully saturated rings. The van der Waals surface area contributed by atoms with Crippen molar-refractivity contribution < 1.29 is 4.21 Å². The molecule has 0 aliphatic rings. The quantitative estimate of drug-likeness (QED) is 0.491. The van der Waals surface area contributed by atoms with Gasteiger partial charge in [-0.2, -0.15) is 4.47 Å². The molecular formula is C6H16N2OS. The van der Waals surface area contributed by atoms with Crippen molar-refractivity contribution in [2.24, 2.45) is 10.3 Å². The Labute approximate surface area is 63.2 Å². The molecule has 0 atom stereocenters. The topological polar surface area (TPSA) is 55.5 Å². The van der Waals surface area contributed by atoms with Gasteiger partial charge in [-0.05, 0) is 0 Å². The summed E-state index contributed by atoms with van der Waals surface area (Å²) in [5.41, 5.74) is 0. The normalized spacial score (nSPS) is 12.7. The summed E-state index contributed by atoms with van der Waals surface area (Å²) in [5.74, 6) is 5.06. The van der Waals surface area contributed by atoms with Crippen LogP contribution in [0.25, 0.3) is 0 Å². The molecule has 0 aromatic rings. The van der Waals surface area contributed by atoms with Crippen LogP contribution in [0.1, 0.15) is 27.7 Å². The van der Waals surface area contributed by atoms with Crippen LogP contribution in [0.2, 0.25) is 0 Å². The number of hydrogen-bond acceptors (Lipinski definition) is 2. The van der Waals surface area contributed by atoms with Crippen LogP contribution in [0, 0.1) is 0 Å². The van der Waals surface area contributed by atoms with Gasteiger partial charge in [0.1, 0.15) is 0 Å². The number of nitrogens with zero attached hydrogens (tertiary/aromatic N) is 1. The van der Waals surface area contributed by atoms with Gasteiger partial charge in [0.05, 0.1) is 9.73 Å². The van der Waals surface area contributed by atoms with Crippen molar-refractivity contribution in [3.8, 4) is 0 Å². The van der Waals surface area contributed by atoms with Gasteiger partial charge in [-0.15, -0.1) is 0 Å². The van der Waals surface area contributed by atoms with Gasteiger partial charge < -0.3 is 0 Å². The maximum Gasteiger partial charge on any atom is 0.0681 e. The van der Waals surface area contributed by atoms with Crippen LogP contribution in [0.4, 0.5) is 0 Å². The minimum atomic E-state index is -2.16. The molecule has 0 radical (unpaired) electrons. The molecule has 10 heavy (non-hydrogen) atoms. The third kappa shape index (κ3) is 1.70. The van der Waals surface area contributed by atoms with E-state index in [2.05, 4.69) is 4.47 Å². The molecule has 0 aliphatic carbocycles. The molecular weight excluding hydrogens is 148 g/mol. The van der Waals surface area contributed by atoms with Crippen molar-refractivity contribution in [2.45, 2.75) is 38.2 Å². The van der Waals surface area contributed by atoms with Crippen LogP contribution in [0.5, 0.6) is 0 Å². The Morgan fingerprint density at radius 3 is 1.50 bits per heavy atom. The molecule has 4 heteroatoms. The van der Waals surface area contributed by atoms with Crippen LogP contribution < -0.4 is 5.84 Å². The first-order valence-corrected chi connectivity index (χ1v) is 5.03.